The molecule has 0 radical (unpaired) electrons. The van der Waals surface area contributed by atoms with Gasteiger partial charge in [0.2, 0.25) is 5.91 Å². The van der Waals surface area contributed by atoms with Crippen LogP contribution in [0.2, 0.25) is 0 Å². The van der Waals surface area contributed by atoms with E-state index in [1.165, 1.54) is 0 Å². The molecule has 1 heterocycles. The standard InChI is InChI=1S/C18H21N3O2/c22-17(21-11-9-19-10-12-21)7-8-20-18(23)16-6-5-14-3-1-2-4-15(14)13-16/h1-6,13,19H,7-12H2,(H,20,23). The van der Waals surface area contributed by atoms with Gasteiger partial charge in [-0.25, -0.2) is 0 Å². The van der Waals surface area contributed by atoms with Gasteiger partial charge < -0.3 is 15.5 Å². The zero-order valence-corrected chi connectivity index (χ0v) is 13.0. The lowest BCUT2D eigenvalue weighted by molar-refractivity contribution is -0.131. The molecule has 0 aromatic heterocycles. The van der Waals surface area contributed by atoms with E-state index in [2.05, 4.69) is 10.6 Å². The first-order valence-corrected chi connectivity index (χ1v) is 7.99. The summed E-state index contributed by atoms with van der Waals surface area (Å²) in [4.78, 5) is 26.1. The highest BCUT2D eigenvalue weighted by Crippen LogP contribution is 2.15. The molecule has 0 bridgehead atoms. The van der Waals surface area contributed by atoms with Crippen LogP contribution in [0.25, 0.3) is 10.8 Å². The summed E-state index contributed by atoms with van der Waals surface area (Å²) in [5.74, 6) is -0.0332. The van der Waals surface area contributed by atoms with Crippen LogP contribution in [0.1, 0.15) is 16.8 Å². The number of amides is 2. The van der Waals surface area contributed by atoms with E-state index in [9.17, 15) is 9.59 Å². The van der Waals surface area contributed by atoms with E-state index >= 15 is 0 Å². The molecule has 120 valence electrons. The van der Waals surface area contributed by atoms with Gasteiger partial charge in [-0.05, 0) is 22.9 Å². The molecule has 0 atom stereocenters. The van der Waals surface area contributed by atoms with E-state index in [4.69, 9.17) is 0 Å². The highest BCUT2D eigenvalue weighted by atomic mass is 16.2. The minimum Gasteiger partial charge on any atom is -0.352 e. The van der Waals surface area contributed by atoms with Crippen molar-refractivity contribution in [3.63, 3.8) is 0 Å². The van der Waals surface area contributed by atoms with Crippen LogP contribution in [-0.2, 0) is 4.79 Å². The van der Waals surface area contributed by atoms with Crippen molar-refractivity contribution in [3.8, 4) is 0 Å². The number of carbonyl (C=O) groups excluding carboxylic acids is 2. The molecule has 2 aromatic carbocycles. The molecule has 1 aliphatic rings. The third-order valence-corrected chi connectivity index (χ3v) is 4.11. The van der Waals surface area contributed by atoms with Crippen LogP contribution in [0, 0.1) is 0 Å². The molecular weight excluding hydrogens is 290 g/mol. The first kappa shape index (κ1) is 15.5. The summed E-state index contributed by atoms with van der Waals surface area (Å²) in [6.07, 6.45) is 0.347. The Morgan fingerprint density at radius 1 is 1.04 bits per heavy atom. The predicted molar refractivity (Wildman–Crippen MR) is 90.3 cm³/mol. The number of carbonyl (C=O) groups is 2. The molecule has 5 nitrogen and oxygen atoms in total. The number of piperazine rings is 1. The van der Waals surface area contributed by atoms with E-state index in [1.54, 1.807) is 0 Å². The Labute approximate surface area is 135 Å². The van der Waals surface area contributed by atoms with E-state index in [0.29, 0.717) is 18.5 Å². The number of hydrogen-bond donors (Lipinski definition) is 2. The Bertz CT molecular complexity index is 708. The molecule has 0 saturated carbocycles. The largest absolute Gasteiger partial charge is 0.352 e. The quantitative estimate of drug-likeness (QED) is 0.897. The van der Waals surface area contributed by atoms with Crippen LogP contribution >= 0.6 is 0 Å². The second-order valence-corrected chi connectivity index (χ2v) is 5.70. The van der Waals surface area contributed by atoms with Crippen molar-refractivity contribution in [1.29, 1.82) is 0 Å². The molecular formula is C18H21N3O2. The highest BCUT2D eigenvalue weighted by molar-refractivity contribution is 5.98. The fourth-order valence-electron chi connectivity index (χ4n) is 2.79. The summed E-state index contributed by atoms with van der Waals surface area (Å²) in [5, 5.41) is 8.20. The van der Waals surface area contributed by atoms with Crippen molar-refractivity contribution in [2.24, 2.45) is 0 Å². The second-order valence-electron chi connectivity index (χ2n) is 5.70. The first-order valence-electron chi connectivity index (χ1n) is 7.99. The number of nitrogens with one attached hydrogen (secondary N) is 2. The van der Waals surface area contributed by atoms with Gasteiger partial charge >= 0.3 is 0 Å². The van der Waals surface area contributed by atoms with Gasteiger partial charge in [0.1, 0.15) is 0 Å². The molecule has 2 N–H and O–H groups in total. The molecule has 2 aromatic rings. The summed E-state index contributed by atoms with van der Waals surface area (Å²) in [6.45, 7) is 3.55. The van der Waals surface area contributed by atoms with Crippen molar-refractivity contribution in [2.45, 2.75) is 6.42 Å². The molecule has 23 heavy (non-hydrogen) atoms. The van der Waals surface area contributed by atoms with Gasteiger partial charge in [-0.15, -0.1) is 0 Å². The fraction of sp³-hybridized carbons (Fsp3) is 0.333. The molecule has 2 amide bonds. The van der Waals surface area contributed by atoms with Crippen molar-refractivity contribution in [1.82, 2.24) is 15.5 Å². The van der Waals surface area contributed by atoms with E-state index in [0.717, 1.165) is 37.0 Å². The monoisotopic (exact) mass is 311 g/mol. The molecule has 5 heteroatoms. The number of hydrogen-bond acceptors (Lipinski definition) is 3. The maximum Gasteiger partial charge on any atom is 0.251 e. The molecule has 1 aliphatic heterocycles. The second kappa shape index (κ2) is 7.24. The van der Waals surface area contributed by atoms with Crippen LogP contribution in [0.4, 0.5) is 0 Å². The molecule has 0 unspecified atom stereocenters. The predicted octanol–water partition coefficient (Wildman–Crippen LogP) is 1.39. The zero-order valence-electron chi connectivity index (χ0n) is 13.0. The maximum atomic E-state index is 12.2. The third-order valence-electron chi connectivity index (χ3n) is 4.11. The molecule has 3 rings (SSSR count). The molecule has 1 fully saturated rings. The van der Waals surface area contributed by atoms with E-state index in [-0.39, 0.29) is 11.8 Å². The van der Waals surface area contributed by atoms with Gasteiger partial charge in [0.25, 0.3) is 5.91 Å². The fourth-order valence-corrected chi connectivity index (χ4v) is 2.79. The minimum atomic E-state index is -0.135. The van der Waals surface area contributed by atoms with Crippen molar-refractivity contribution in [3.05, 3.63) is 48.0 Å². The van der Waals surface area contributed by atoms with Gasteiger partial charge in [-0.1, -0.05) is 30.3 Å². The first-order chi connectivity index (χ1) is 11.2. The third kappa shape index (κ3) is 3.87. The SMILES string of the molecule is O=C(NCCC(=O)N1CCNCC1)c1ccc2ccccc2c1. The van der Waals surface area contributed by atoms with Crippen LogP contribution in [0.15, 0.2) is 42.5 Å². The topological polar surface area (TPSA) is 61.4 Å². The Morgan fingerprint density at radius 2 is 1.78 bits per heavy atom. The lowest BCUT2D eigenvalue weighted by Gasteiger charge is -2.27. The average Bonchev–Trinajstić information content (AvgIpc) is 2.61. The maximum absolute atomic E-state index is 12.2. The van der Waals surface area contributed by atoms with Crippen LogP contribution in [-0.4, -0.2) is 49.4 Å². The highest BCUT2D eigenvalue weighted by Gasteiger charge is 2.16. The van der Waals surface area contributed by atoms with Crippen LogP contribution in [0.3, 0.4) is 0 Å². The van der Waals surface area contributed by atoms with Gasteiger partial charge in [0, 0.05) is 44.7 Å². The lowest BCUT2D eigenvalue weighted by atomic mass is 10.1. The Morgan fingerprint density at radius 3 is 2.57 bits per heavy atom. The Balaban J connectivity index is 1.53. The summed E-state index contributed by atoms with van der Waals surface area (Å²) in [5.41, 5.74) is 0.623. The molecule has 0 spiro atoms. The Hall–Kier alpha value is -2.40. The van der Waals surface area contributed by atoms with E-state index < -0.39 is 0 Å². The number of benzene rings is 2. The Kier molecular flexibility index (Phi) is 4.88. The van der Waals surface area contributed by atoms with Gasteiger partial charge in [-0.3, -0.25) is 9.59 Å². The van der Waals surface area contributed by atoms with Crippen LogP contribution < -0.4 is 10.6 Å². The van der Waals surface area contributed by atoms with Crippen molar-refractivity contribution in [2.75, 3.05) is 32.7 Å². The summed E-state index contributed by atoms with van der Waals surface area (Å²) in [7, 11) is 0. The van der Waals surface area contributed by atoms with Crippen molar-refractivity contribution < 1.29 is 9.59 Å². The average molecular weight is 311 g/mol. The van der Waals surface area contributed by atoms with Gasteiger partial charge in [-0.2, -0.15) is 0 Å². The zero-order chi connectivity index (χ0) is 16.1. The van der Waals surface area contributed by atoms with Crippen LogP contribution in [0.5, 0.6) is 0 Å². The summed E-state index contributed by atoms with van der Waals surface area (Å²) in [6, 6.07) is 13.6. The van der Waals surface area contributed by atoms with Gasteiger partial charge in [0.15, 0.2) is 0 Å². The molecule has 0 aliphatic carbocycles. The summed E-state index contributed by atoms with van der Waals surface area (Å²) < 4.78 is 0. The molecule has 1 saturated heterocycles. The smallest absolute Gasteiger partial charge is 0.251 e. The number of fused-ring (bicyclic) bond motifs is 1. The van der Waals surface area contributed by atoms with E-state index in [1.807, 2.05) is 47.4 Å². The van der Waals surface area contributed by atoms with Gasteiger partial charge in [0.05, 0.1) is 0 Å². The number of rotatable bonds is 4. The normalized spacial score (nSPS) is 14.7. The summed E-state index contributed by atoms with van der Waals surface area (Å²) >= 11 is 0. The minimum absolute atomic E-state index is 0.102. The van der Waals surface area contributed by atoms with Crippen molar-refractivity contribution >= 4 is 22.6 Å². The number of nitrogens with zero attached hydrogens (tertiary/aromatic N) is 1. The lowest BCUT2D eigenvalue weighted by Crippen LogP contribution is -2.47.